The van der Waals surface area contributed by atoms with Crippen molar-refractivity contribution in [2.24, 2.45) is 0 Å². The second kappa shape index (κ2) is 12.7. The van der Waals surface area contributed by atoms with E-state index >= 15 is 0 Å². The van der Waals surface area contributed by atoms with Gasteiger partial charge in [-0.1, -0.05) is 0 Å². The van der Waals surface area contributed by atoms with Crippen molar-refractivity contribution in [2.45, 2.75) is 13.8 Å². The van der Waals surface area contributed by atoms with Gasteiger partial charge in [-0.15, -0.1) is 13.1 Å². The van der Waals surface area contributed by atoms with E-state index in [0.29, 0.717) is 0 Å². The van der Waals surface area contributed by atoms with Gasteiger partial charge in [0, 0.05) is 45.9 Å². The van der Waals surface area contributed by atoms with E-state index in [1.807, 2.05) is 20.3 Å². The van der Waals surface area contributed by atoms with Gasteiger partial charge in [-0.3, -0.25) is 0 Å². The molecule has 0 N–H and O–H groups in total. The molecule has 0 saturated carbocycles. The molecule has 1 saturated heterocycles. The molecule has 1 fully saturated rings. The largest absolute Gasteiger partial charge is 0.659 e. The molecule has 0 unspecified atom stereocenters. The van der Waals surface area contributed by atoms with E-state index in [1.54, 1.807) is 0 Å². The third-order valence-electron chi connectivity index (χ3n) is 0.787. The standard InChI is InChI=1S/C4H8NO.C3H7.Y/c1-3-6-4-2-5-1;1-3-2;/h1-4H2;3H,1-2H3;/q2*-1;. The van der Waals surface area contributed by atoms with Crippen molar-refractivity contribution in [3.8, 4) is 0 Å². The van der Waals surface area contributed by atoms with Crippen LogP contribution in [0.4, 0.5) is 0 Å². The average molecular weight is 218 g/mol. The van der Waals surface area contributed by atoms with Crippen LogP contribution in [0.25, 0.3) is 5.32 Å². The summed E-state index contributed by atoms with van der Waals surface area (Å²) >= 11 is 0. The summed E-state index contributed by atoms with van der Waals surface area (Å²) in [5.74, 6) is 0. The Morgan fingerprint density at radius 3 is 1.70 bits per heavy atom. The molecule has 0 aliphatic carbocycles. The normalized spacial score (nSPS) is 16.2. The molecule has 0 aromatic rings. The first-order valence-corrected chi connectivity index (χ1v) is 3.36. The summed E-state index contributed by atoms with van der Waals surface area (Å²) in [6, 6.07) is 0. The van der Waals surface area contributed by atoms with E-state index < -0.39 is 0 Å². The summed E-state index contributed by atoms with van der Waals surface area (Å²) in [6.07, 6.45) is 2.00. The van der Waals surface area contributed by atoms with Gasteiger partial charge in [0.25, 0.3) is 0 Å². The second-order valence-corrected chi connectivity index (χ2v) is 1.86. The Bertz CT molecular complexity index is 37.4. The molecule has 3 heteroatoms. The van der Waals surface area contributed by atoms with Gasteiger partial charge in [-0.25, -0.2) is 0 Å². The third-order valence-corrected chi connectivity index (χ3v) is 0.787. The molecular weight excluding hydrogens is 203 g/mol. The fraction of sp³-hybridized carbons (Fsp3) is 0.857. The minimum atomic E-state index is 0. The molecular formula is C7H15NOY-2. The monoisotopic (exact) mass is 218 g/mol. The summed E-state index contributed by atoms with van der Waals surface area (Å²) in [4.78, 5) is 0. The van der Waals surface area contributed by atoms with Gasteiger partial charge in [0.15, 0.2) is 0 Å². The van der Waals surface area contributed by atoms with Gasteiger partial charge >= 0.3 is 0 Å². The molecule has 1 radical (unpaired) electrons. The van der Waals surface area contributed by atoms with Crippen LogP contribution >= 0.6 is 0 Å². The Labute approximate surface area is 89.0 Å². The number of nitrogens with zero attached hydrogens (tertiary/aromatic N) is 1. The van der Waals surface area contributed by atoms with Crippen LogP contribution in [0.15, 0.2) is 0 Å². The maximum atomic E-state index is 4.98. The van der Waals surface area contributed by atoms with Crippen LogP contribution in [-0.2, 0) is 37.4 Å². The van der Waals surface area contributed by atoms with E-state index in [0.717, 1.165) is 26.3 Å². The minimum Gasteiger partial charge on any atom is -0.659 e. The van der Waals surface area contributed by atoms with Crippen molar-refractivity contribution in [3.63, 3.8) is 0 Å². The second-order valence-electron chi connectivity index (χ2n) is 1.86. The smallest absolute Gasteiger partial charge is 0.0277 e. The summed E-state index contributed by atoms with van der Waals surface area (Å²) < 4.78 is 4.98. The van der Waals surface area contributed by atoms with Gasteiger partial charge in [-0.05, 0) is 0 Å². The number of hydrogen-bond donors (Lipinski definition) is 0. The van der Waals surface area contributed by atoms with Crippen molar-refractivity contribution in [1.82, 2.24) is 0 Å². The summed E-state index contributed by atoms with van der Waals surface area (Å²) in [7, 11) is 0. The van der Waals surface area contributed by atoms with Crippen LogP contribution in [0.3, 0.4) is 0 Å². The molecule has 0 spiro atoms. The Hall–Kier alpha value is 1.02. The van der Waals surface area contributed by atoms with Crippen molar-refractivity contribution < 1.29 is 37.4 Å². The molecule has 0 bridgehead atoms. The zero-order valence-electron chi connectivity index (χ0n) is 6.84. The first kappa shape index (κ1) is 13.6. The van der Waals surface area contributed by atoms with Gasteiger partial charge in [0.05, 0.1) is 0 Å². The minimum absolute atomic E-state index is 0. The van der Waals surface area contributed by atoms with Gasteiger partial charge in [0.2, 0.25) is 0 Å². The molecule has 1 heterocycles. The fourth-order valence-corrected chi connectivity index (χ4v) is 0.472. The molecule has 1 rings (SSSR count). The molecule has 0 amide bonds. The molecule has 0 aromatic heterocycles. The number of rotatable bonds is 0. The number of ether oxygens (including phenoxy) is 1. The maximum absolute atomic E-state index is 4.98. The first-order chi connectivity index (χ1) is 4.41. The quantitative estimate of drug-likeness (QED) is 0.566. The van der Waals surface area contributed by atoms with Crippen molar-refractivity contribution in [2.75, 3.05) is 26.3 Å². The van der Waals surface area contributed by atoms with E-state index in [2.05, 4.69) is 5.32 Å². The Morgan fingerprint density at radius 2 is 1.60 bits per heavy atom. The molecule has 0 atom stereocenters. The van der Waals surface area contributed by atoms with Gasteiger partial charge in [-0.2, -0.15) is 13.8 Å². The summed E-state index contributed by atoms with van der Waals surface area (Å²) in [6.45, 7) is 7.47. The van der Waals surface area contributed by atoms with Crippen LogP contribution in [0.2, 0.25) is 0 Å². The van der Waals surface area contributed by atoms with Crippen LogP contribution in [0.1, 0.15) is 13.8 Å². The van der Waals surface area contributed by atoms with Crippen molar-refractivity contribution >= 4 is 0 Å². The molecule has 0 aromatic carbocycles. The third kappa shape index (κ3) is 11.8. The Morgan fingerprint density at radius 1 is 1.20 bits per heavy atom. The van der Waals surface area contributed by atoms with E-state index in [1.165, 1.54) is 0 Å². The van der Waals surface area contributed by atoms with Crippen LogP contribution in [0.5, 0.6) is 0 Å². The predicted molar refractivity (Wildman–Crippen MR) is 39.6 cm³/mol. The number of morpholine rings is 1. The van der Waals surface area contributed by atoms with Crippen LogP contribution in [-0.4, -0.2) is 26.3 Å². The Kier molecular flexibility index (Phi) is 17.2. The molecule has 59 valence electrons. The zero-order valence-corrected chi connectivity index (χ0v) is 9.68. The van der Waals surface area contributed by atoms with E-state index in [4.69, 9.17) is 4.74 Å². The topological polar surface area (TPSA) is 23.3 Å². The maximum Gasteiger partial charge on any atom is 0.0277 e. The van der Waals surface area contributed by atoms with Crippen LogP contribution in [0, 0.1) is 6.42 Å². The first-order valence-electron chi connectivity index (χ1n) is 3.36. The SMILES string of the molecule is C1COCC[N-]1.C[CH-]C.[Y]. The predicted octanol–water partition coefficient (Wildman–Crippen LogP) is 1.62. The average Bonchev–Trinajstić information content (AvgIpc) is 1.93. The Balaban J connectivity index is 0. The summed E-state index contributed by atoms with van der Waals surface area (Å²) in [5.41, 5.74) is 0. The van der Waals surface area contributed by atoms with Crippen LogP contribution < -0.4 is 0 Å². The van der Waals surface area contributed by atoms with Crippen molar-refractivity contribution in [1.29, 1.82) is 0 Å². The molecule has 1 aliphatic rings. The fourth-order valence-electron chi connectivity index (χ4n) is 0.472. The van der Waals surface area contributed by atoms with Gasteiger partial charge < -0.3 is 16.5 Å². The zero-order chi connectivity index (χ0) is 6.95. The molecule has 2 nitrogen and oxygen atoms in total. The van der Waals surface area contributed by atoms with Gasteiger partial charge in [0.1, 0.15) is 0 Å². The van der Waals surface area contributed by atoms with E-state index in [-0.39, 0.29) is 32.7 Å². The molecule has 10 heavy (non-hydrogen) atoms. The number of hydrogen-bond acceptors (Lipinski definition) is 1. The summed E-state index contributed by atoms with van der Waals surface area (Å²) in [5, 5.41) is 4.05. The van der Waals surface area contributed by atoms with E-state index in [9.17, 15) is 0 Å². The molecule has 1 aliphatic heterocycles. The van der Waals surface area contributed by atoms with Crippen molar-refractivity contribution in [3.05, 3.63) is 11.7 Å².